The zero-order chi connectivity index (χ0) is 16.1. The van der Waals surface area contributed by atoms with Crippen molar-refractivity contribution in [1.29, 1.82) is 0 Å². The fraction of sp³-hybridized carbons (Fsp3) is 0.235. The maximum Gasteiger partial charge on any atom is 0.221 e. The van der Waals surface area contributed by atoms with E-state index in [9.17, 15) is 4.79 Å². The van der Waals surface area contributed by atoms with E-state index in [4.69, 9.17) is 4.42 Å². The van der Waals surface area contributed by atoms with Crippen molar-refractivity contribution in [3.05, 3.63) is 60.6 Å². The molecule has 23 heavy (non-hydrogen) atoms. The van der Waals surface area contributed by atoms with Crippen LogP contribution >= 0.6 is 0 Å². The van der Waals surface area contributed by atoms with Crippen LogP contribution in [-0.4, -0.2) is 20.9 Å². The second-order valence-electron chi connectivity index (χ2n) is 5.29. The number of oxazole rings is 1. The van der Waals surface area contributed by atoms with E-state index in [1.165, 1.54) is 0 Å². The number of nitrogens with zero attached hydrogens (tertiary/aromatic N) is 2. The van der Waals surface area contributed by atoms with Gasteiger partial charge in [-0.1, -0.05) is 30.3 Å². The number of carbonyl (C=O) groups is 1. The number of H-pyrrole nitrogens is 1. The summed E-state index contributed by atoms with van der Waals surface area (Å²) in [4.78, 5) is 23.1. The van der Waals surface area contributed by atoms with Crippen molar-refractivity contribution in [3.63, 3.8) is 0 Å². The van der Waals surface area contributed by atoms with Gasteiger partial charge in [-0.2, -0.15) is 0 Å². The number of imidazole rings is 1. The second-order valence-corrected chi connectivity index (χ2v) is 5.29. The van der Waals surface area contributed by atoms with E-state index in [0.29, 0.717) is 24.5 Å². The Morgan fingerprint density at radius 3 is 2.87 bits per heavy atom. The van der Waals surface area contributed by atoms with Crippen molar-refractivity contribution in [2.24, 2.45) is 0 Å². The molecular weight excluding hydrogens is 292 g/mol. The number of rotatable bonds is 6. The van der Waals surface area contributed by atoms with Crippen molar-refractivity contribution in [2.75, 3.05) is 0 Å². The molecule has 1 unspecified atom stereocenters. The van der Waals surface area contributed by atoms with Crippen LogP contribution in [0.1, 0.15) is 31.0 Å². The zero-order valence-electron chi connectivity index (χ0n) is 12.8. The third kappa shape index (κ3) is 3.85. The number of aromatic nitrogens is 3. The molecule has 2 aromatic heterocycles. The van der Waals surface area contributed by atoms with E-state index in [1.807, 2.05) is 37.3 Å². The van der Waals surface area contributed by atoms with Crippen molar-refractivity contribution in [3.8, 4) is 11.3 Å². The van der Waals surface area contributed by atoms with E-state index < -0.39 is 0 Å². The lowest BCUT2D eigenvalue weighted by Crippen LogP contribution is -2.27. The first kappa shape index (κ1) is 15.0. The first-order valence-corrected chi connectivity index (χ1v) is 7.50. The lowest BCUT2D eigenvalue weighted by Gasteiger charge is -2.10. The molecule has 6 nitrogen and oxygen atoms in total. The number of carbonyl (C=O) groups excluding carboxylic acids is 1. The topological polar surface area (TPSA) is 83.8 Å². The Labute approximate surface area is 134 Å². The van der Waals surface area contributed by atoms with Gasteiger partial charge in [-0.15, -0.1) is 0 Å². The summed E-state index contributed by atoms with van der Waals surface area (Å²) in [6, 6.07) is 9.47. The highest BCUT2D eigenvalue weighted by Gasteiger charge is 2.15. The fourth-order valence-electron chi connectivity index (χ4n) is 2.27. The molecule has 118 valence electrons. The number of nitrogens with one attached hydrogen (secondary N) is 2. The Morgan fingerprint density at radius 1 is 1.30 bits per heavy atom. The van der Waals surface area contributed by atoms with Crippen LogP contribution in [0.4, 0.5) is 0 Å². The molecule has 2 N–H and O–H groups in total. The van der Waals surface area contributed by atoms with Crippen LogP contribution < -0.4 is 5.32 Å². The summed E-state index contributed by atoms with van der Waals surface area (Å²) in [7, 11) is 0. The molecule has 0 spiro atoms. The van der Waals surface area contributed by atoms with Crippen LogP contribution in [0.2, 0.25) is 0 Å². The minimum atomic E-state index is -0.276. The third-order valence-electron chi connectivity index (χ3n) is 3.51. The Hall–Kier alpha value is -2.89. The Balaban J connectivity index is 1.57. The van der Waals surface area contributed by atoms with Gasteiger partial charge in [-0.05, 0) is 13.3 Å². The zero-order valence-corrected chi connectivity index (χ0v) is 12.8. The predicted octanol–water partition coefficient (Wildman–Crippen LogP) is 2.87. The van der Waals surface area contributed by atoms with Gasteiger partial charge >= 0.3 is 0 Å². The molecule has 1 aromatic carbocycles. The lowest BCUT2D eigenvalue weighted by atomic mass is 10.2. The Morgan fingerprint density at radius 2 is 2.13 bits per heavy atom. The molecule has 0 aliphatic heterocycles. The molecule has 1 amide bonds. The predicted molar refractivity (Wildman–Crippen MR) is 85.4 cm³/mol. The van der Waals surface area contributed by atoms with Crippen molar-refractivity contribution < 1.29 is 9.21 Å². The molecule has 0 saturated carbocycles. The van der Waals surface area contributed by atoms with Crippen LogP contribution in [0.25, 0.3) is 11.3 Å². The minimum absolute atomic E-state index is 0.0495. The van der Waals surface area contributed by atoms with Gasteiger partial charge in [0.2, 0.25) is 11.8 Å². The van der Waals surface area contributed by atoms with Gasteiger partial charge in [-0.3, -0.25) is 4.79 Å². The van der Waals surface area contributed by atoms with Gasteiger partial charge in [0.15, 0.2) is 5.76 Å². The molecule has 0 aliphatic rings. The molecule has 1 atom stereocenters. The third-order valence-corrected chi connectivity index (χ3v) is 3.51. The number of amides is 1. The van der Waals surface area contributed by atoms with Gasteiger partial charge in [0.25, 0.3) is 0 Å². The normalized spacial score (nSPS) is 12.0. The van der Waals surface area contributed by atoms with Crippen molar-refractivity contribution in [1.82, 2.24) is 20.3 Å². The molecule has 0 saturated heterocycles. The maximum atomic E-state index is 12.0. The lowest BCUT2D eigenvalue weighted by molar-refractivity contribution is -0.121. The average Bonchev–Trinajstić information content (AvgIpc) is 3.25. The number of hydrogen-bond acceptors (Lipinski definition) is 4. The summed E-state index contributed by atoms with van der Waals surface area (Å²) in [6.07, 6.45) is 6.01. The van der Waals surface area contributed by atoms with Crippen molar-refractivity contribution >= 4 is 5.91 Å². The first-order chi connectivity index (χ1) is 11.2. The molecule has 3 aromatic rings. The molecule has 0 aliphatic carbocycles. The van der Waals surface area contributed by atoms with Crippen LogP contribution in [0.15, 0.2) is 53.5 Å². The molecule has 2 heterocycles. The van der Waals surface area contributed by atoms with Crippen molar-refractivity contribution in [2.45, 2.75) is 25.8 Å². The number of benzene rings is 1. The summed E-state index contributed by atoms with van der Waals surface area (Å²) < 4.78 is 5.74. The van der Waals surface area contributed by atoms with E-state index in [-0.39, 0.29) is 11.9 Å². The molecule has 0 radical (unpaired) electrons. The van der Waals surface area contributed by atoms with Crippen LogP contribution in [0.5, 0.6) is 0 Å². The van der Waals surface area contributed by atoms with E-state index >= 15 is 0 Å². The SMILES string of the molecule is CC(NC(=O)CCc1cnc[nH]1)c1ncc(-c2ccccc2)o1. The van der Waals surface area contributed by atoms with E-state index in [2.05, 4.69) is 20.3 Å². The second kappa shape index (κ2) is 6.91. The number of aryl methyl sites for hydroxylation is 1. The average molecular weight is 310 g/mol. The molecule has 0 fully saturated rings. The largest absolute Gasteiger partial charge is 0.438 e. The Bertz CT molecular complexity index is 750. The van der Waals surface area contributed by atoms with Crippen LogP contribution in [-0.2, 0) is 11.2 Å². The summed E-state index contributed by atoms with van der Waals surface area (Å²) in [5.74, 6) is 1.14. The summed E-state index contributed by atoms with van der Waals surface area (Å²) in [6.45, 7) is 1.86. The highest BCUT2D eigenvalue weighted by atomic mass is 16.4. The van der Waals surface area contributed by atoms with E-state index in [1.54, 1.807) is 18.7 Å². The quantitative estimate of drug-likeness (QED) is 0.733. The first-order valence-electron chi connectivity index (χ1n) is 7.50. The number of hydrogen-bond donors (Lipinski definition) is 2. The van der Waals surface area contributed by atoms with Gasteiger partial charge in [0, 0.05) is 23.9 Å². The number of aromatic amines is 1. The summed E-state index contributed by atoms with van der Waals surface area (Å²) in [5, 5.41) is 2.89. The van der Waals surface area contributed by atoms with Gasteiger partial charge in [0.1, 0.15) is 6.04 Å². The van der Waals surface area contributed by atoms with E-state index in [0.717, 1.165) is 11.3 Å². The maximum absolute atomic E-state index is 12.0. The molecule has 3 rings (SSSR count). The molecule has 6 heteroatoms. The molecule has 0 bridgehead atoms. The summed E-state index contributed by atoms with van der Waals surface area (Å²) >= 11 is 0. The monoisotopic (exact) mass is 310 g/mol. The van der Waals surface area contributed by atoms with Gasteiger partial charge in [0.05, 0.1) is 12.5 Å². The van der Waals surface area contributed by atoms with Crippen LogP contribution in [0, 0.1) is 0 Å². The molecular formula is C17H18N4O2. The minimum Gasteiger partial charge on any atom is -0.438 e. The Kier molecular flexibility index (Phi) is 4.52. The smallest absolute Gasteiger partial charge is 0.221 e. The fourth-order valence-corrected chi connectivity index (χ4v) is 2.27. The summed E-state index contributed by atoms with van der Waals surface area (Å²) in [5.41, 5.74) is 1.90. The van der Waals surface area contributed by atoms with Gasteiger partial charge < -0.3 is 14.7 Å². The van der Waals surface area contributed by atoms with Gasteiger partial charge in [-0.25, -0.2) is 9.97 Å². The highest BCUT2D eigenvalue weighted by molar-refractivity contribution is 5.76. The van der Waals surface area contributed by atoms with Crippen LogP contribution in [0.3, 0.4) is 0 Å². The standard InChI is InChI=1S/C17H18N4O2/c1-12(21-16(22)8-7-14-9-18-11-20-14)17-19-10-15(23-17)13-5-3-2-4-6-13/h2-6,9-12H,7-8H2,1H3,(H,18,20)(H,21,22). The highest BCUT2D eigenvalue weighted by Crippen LogP contribution is 2.22.